The Balaban J connectivity index is 0. The van der Waals surface area contributed by atoms with Crippen LogP contribution in [0.3, 0.4) is 0 Å². The molecule has 0 bridgehead atoms. The Labute approximate surface area is 114 Å². The van der Waals surface area contributed by atoms with Crippen LogP contribution in [-0.4, -0.2) is 39.8 Å². The Kier molecular flexibility index (Phi) is 11.1. The van der Waals surface area contributed by atoms with E-state index in [4.69, 9.17) is 5.73 Å². The van der Waals surface area contributed by atoms with Gasteiger partial charge in [0.05, 0.1) is 12.3 Å². The molecular formula is C8H19IN4O2S. The Hall–Kier alpha value is -0.350. The molecule has 4 N–H and O–H groups in total. The van der Waals surface area contributed by atoms with Crippen LogP contribution in [0.1, 0.15) is 6.92 Å². The van der Waals surface area contributed by atoms with Crippen molar-refractivity contribution in [2.45, 2.75) is 6.92 Å². The van der Waals surface area contributed by atoms with Gasteiger partial charge >= 0.3 is 0 Å². The molecule has 96 valence electrons. The van der Waals surface area contributed by atoms with E-state index < -0.39 is 10.0 Å². The maximum absolute atomic E-state index is 11.0. The van der Waals surface area contributed by atoms with E-state index in [1.807, 2.05) is 0 Å². The third-order valence-corrected chi connectivity index (χ3v) is 2.93. The van der Waals surface area contributed by atoms with Crippen LogP contribution in [-0.2, 0) is 10.0 Å². The summed E-state index contributed by atoms with van der Waals surface area (Å²) in [7, 11) is -3.13. The SMILES string of the molecule is C=CCNC(N)=NCCNS(=O)(=O)CC.I. The second-order valence-corrected chi connectivity index (χ2v) is 4.83. The van der Waals surface area contributed by atoms with Crippen molar-refractivity contribution in [2.75, 3.05) is 25.4 Å². The number of nitrogens with two attached hydrogens (primary N) is 1. The molecule has 6 nitrogen and oxygen atoms in total. The number of aliphatic imine (C=N–C) groups is 1. The molecule has 0 unspecified atom stereocenters. The van der Waals surface area contributed by atoms with Gasteiger partial charge in [0.25, 0.3) is 0 Å². The first-order valence-electron chi connectivity index (χ1n) is 4.64. The zero-order valence-electron chi connectivity index (χ0n) is 9.27. The van der Waals surface area contributed by atoms with Gasteiger partial charge in [0.15, 0.2) is 5.96 Å². The molecule has 0 saturated heterocycles. The number of guanidine groups is 1. The molecule has 0 saturated carbocycles. The first-order chi connectivity index (χ1) is 7.02. The number of hydrogen-bond acceptors (Lipinski definition) is 3. The average molecular weight is 362 g/mol. The summed E-state index contributed by atoms with van der Waals surface area (Å²) in [5.41, 5.74) is 5.46. The fraction of sp³-hybridized carbons (Fsp3) is 0.625. The number of sulfonamides is 1. The van der Waals surface area contributed by atoms with Crippen molar-refractivity contribution >= 4 is 40.0 Å². The number of nitrogens with one attached hydrogen (secondary N) is 2. The summed E-state index contributed by atoms with van der Waals surface area (Å²) >= 11 is 0. The van der Waals surface area contributed by atoms with Gasteiger partial charge in [0.2, 0.25) is 10.0 Å². The van der Waals surface area contributed by atoms with Crippen molar-refractivity contribution < 1.29 is 8.42 Å². The van der Waals surface area contributed by atoms with E-state index in [2.05, 4.69) is 21.6 Å². The van der Waals surface area contributed by atoms with E-state index in [1.165, 1.54) is 0 Å². The lowest BCUT2D eigenvalue weighted by Gasteiger charge is -2.03. The number of halogens is 1. The van der Waals surface area contributed by atoms with Crippen LogP contribution >= 0.6 is 24.0 Å². The van der Waals surface area contributed by atoms with Gasteiger partial charge in [0, 0.05) is 13.1 Å². The first-order valence-corrected chi connectivity index (χ1v) is 6.29. The van der Waals surface area contributed by atoms with E-state index in [0.717, 1.165) is 0 Å². The Bertz CT molecular complexity index is 316. The quantitative estimate of drug-likeness (QED) is 0.189. The van der Waals surface area contributed by atoms with Crippen LogP contribution in [0.15, 0.2) is 17.6 Å². The predicted molar refractivity (Wildman–Crippen MR) is 77.6 cm³/mol. The molecule has 8 heteroatoms. The third-order valence-electron chi connectivity index (χ3n) is 1.52. The molecule has 0 amide bonds. The predicted octanol–water partition coefficient (Wildman–Crippen LogP) is -0.366. The normalized spacial score (nSPS) is 11.7. The highest BCUT2D eigenvalue weighted by Crippen LogP contribution is 1.81. The summed E-state index contributed by atoms with van der Waals surface area (Å²) in [6, 6.07) is 0. The molecule has 0 aromatic rings. The van der Waals surface area contributed by atoms with Gasteiger partial charge in [-0.3, -0.25) is 4.99 Å². The van der Waals surface area contributed by atoms with Gasteiger partial charge in [-0.15, -0.1) is 30.6 Å². The maximum atomic E-state index is 11.0. The standard InChI is InChI=1S/C8H18N4O2S.HI/c1-3-5-10-8(9)11-6-7-12-15(13,14)4-2;/h3,12H,1,4-7H2,2H3,(H3,9,10,11);1H. The molecular weight excluding hydrogens is 343 g/mol. The Morgan fingerprint density at radius 3 is 2.69 bits per heavy atom. The number of hydrogen-bond donors (Lipinski definition) is 3. The minimum atomic E-state index is -3.13. The topological polar surface area (TPSA) is 96.6 Å². The molecule has 16 heavy (non-hydrogen) atoms. The fourth-order valence-electron chi connectivity index (χ4n) is 0.712. The van der Waals surface area contributed by atoms with Gasteiger partial charge in [-0.05, 0) is 6.92 Å². The molecule has 0 aromatic heterocycles. The zero-order chi connectivity index (χ0) is 11.7. The minimum Gasteiger partial charge on any atom is -0.370 e. The lowest BCUT2D eigenvalue weighted by Crippen LogP contribution is -2.33. The van der Waals surface area contributed by atoms with E-state index in [0.29, 0.717) is 13.1 Å². The molecule has 0 heterocycles. The van der Waals surface area contributed by atoms with Gasteiger partial charge in [0.1, 0.15) is 0 Å². The van der Waals surface area contributed by atoms with Crippen LogP contribution in [0.5, 0.6) is 0 Å². The highest BCUT2D eigenvalue weighted by molar-refractivity contribution is 14.0. The van der Waals surface area contributed by atoms with Crippen molar-refractivity contribution in [3.8, 4) is 0 Å². The summed E-state index contributed by atoms with van der Waals surface area (Å²) in [6.45, 7) is 6.19. The average Bonchev–Trinajstić information content (AvgIpc) is 2.21. The second kappa shape index (κ2) is 9.85. The van der Waals surface area contributed by atoms with Gasteiger partial charge in [-0.1, -0.05) is 6.08 Å². The lowest BCUT2D eigenvalue weighted by atomic mass is 10.6. The van der Waals surface area contributed by atoms with Gasteiger partial charge in [-0.25, -0.2) is 13.1 Å². The van der Waals surface area contributed by atoms with E-state index in [1.54, 1.807) is 13.0 Å². The van der Waals surface area contributed by atoms with Crippen LogP contribution in [0, 0.1) is 0 Å². The Morgan fingerprint density at radius 2 is 2.19 bits per heavy atom. The maximum Gasteiger partial charge on any atom is 0.211 e. The number of rotatable bonds is 7. The molecule has 0 aliphatic carbocycles. The van der Waals surface area contributed by atoms with E-state index in [9.17, 15) is 8.42 Å². The van der Waals surface area contributed by atoms with Crippen molar-refractivity contribution in [3.63, 3.8) is 0 Å². The monoisotopic (exact) mass is 362 g/mol. The molecule has 0 atom stereocenters. The van der Waals surface area contributed by atoms with Gasteiger partial charge in [-0.2, -0.15) is 0 Å². The fourth-order valence-corrected chi connectivity index (χ4v) is 1.32. The summed E-state index contributed by atoms with van der Waals surface area (Å²) < 4.78 is 24.4. The van der Waals surface area contributed by atoms with E-state index in [-0.39, 0.29) is 42.2 Å². The van der Waals surface area contributed by atoms with Crippen LogP contribution in [0.25, 0.3) is 0 Å². The third kappa shape index (κ3) is 10.2. The van der Waals surface area contributed by atoms with Crippen LogP contribution < -0.4 is 15.8 Å². The molecule has 0 rings (SSSR count). The van der Waals surface area contributed by atoms with Crippen LogP contribution in [0.4, 0.5) is 0 Å². The molecule has 0 aliphatic heterocycles. The molecule has 0 spiro atoms. The highest BCUT2D eigenvalue weighted by atomic mass is 127. The van der Waals surface area contributed by atoms with Gasteiger partial charge < -0.3 is 11.1 Å². The second-order valence-electron chi connectivity index (χ2n) is 2.73. The molecule has 0 aromatic carbocycles. The minimum absolute atomic E-state index is 0. The van der Waals surface area contributed by atoms with Crippen LogP contribution in [0.2, 0.25) is 0 Å². The van der Waals surface area contributed by atoms with E-state index >= 15 is 0 Å². The van der Waals surface area contributed by atoms with Crippen molar-refractivity contribution in [1.29, 1.82) is 0 Å². The number of nitrogens with zero attached hydrogens (tertiary/aromatic N) is 1. The smallest absolute Gasteiger partial charge is 0.211 e. The lowest BCUT2D eigenvalue weighted by molar-refractivity contribution is 0.583. The summed E-state index contributed by atoms with van der Waals surface area (Å²) in [5, 5.41) is 2.78. The molecule has 0 aliphatic rings. The molecule has 0 fully saturated rings. The molecule has 0 radical (unpaired) electrons. The highest BCUT2D eigenvalue weighted by Gasteiger charge is 2.03. The summed E-state index contributed by atoms with van der Waals surface area (Å²) in [6.07, 6.45) is 1.65. The summed E-state index contributed by atoms with van der Waals surface area (Å²) in [4.78, 5) is 3.91. The van der Waals surface area contributed by atoms with Crippen molar-refractivity contribution in [3.05, 3.63) is 12.7 Å². The summed E-state index contributed by atoms with van der Waals surface area (Å²) in [5.74, 6) is 0.353. The zero-order valence-corrected chi connectivity index (χ0v) is 12.4. The largest absolute Gasteiger partial charge is 0.370 e. The first kappa shape index (κ1) is 18.0. The van der Waals surface area contributed by atoms with Crippen molar-refractivity contribution in [1.82, 2.24) is 10.0 Å². The van der Waals surface area contributed by atoms with Crippen molar-refractivity contribution in [2.24, 2.45) is 10.7 Å². The Morgan fingerprint density at radius 1 is 1.56 bits per heavy atom.